The smallest absolute Gasteiger partial charge is 0.322 e. The molecule has 2 aliphatic heterocycles. The molecule has 1 saturated heterocycles. The minimum Gasteiger partial charge on any atom is -0.370 e. The molecule has 0 atom stereocenters. The van der Waals surface area contributed by atoms with E-state index < -0.39 is 0 Å². The van der Waals surface area contributed by atoms with E-state index in [0.29, 0.717) is 19.5 Å². The summed E-state index contributed by atoms with van der Waals surface area (Å²) in [6, 6.07) is 13.0. The fourth-order valence-corrected chi connectivity index (χ4v) is 4.42. The second kappa shape index (κ2) is 7.58. The molecule has 4 rings (SSSR count). The summed E-state index contributed by atoms with van der Waals surface area (Å²) in [4.78, 5) is 16.7. The van der Waals surface area contributed by atoms with Crippen LogP contribution in [0.3, 0.4) is 0 Å². The normalized spacial score (nSPS) is 17.0. The summed E-state index contributed by atoms with van der Waals surface area (Å²) >= 11 is 1.99. The van der Waals surface area contributed by atoms with E-state index in [2.05, 4.69) is 22.3 Å². The quantitative estimate of drug-likeness (QED) is 0.868. The average molecular weight is 371 g/mol. The van der Waals surface area contributed by atoms with Crippen molar-refractivity contribution < 1.29 is 9.18 Å². The third-order valence-corrected chi connectivity index (χ3v) is 5.93. The molecule has 2 heterocycles. The largest absolute Gasteiger partial charge is 0.370 e. The molecule has 0 aromatic heterocycles. The van der Waals surface area contributed by atoms with Gasteiger partial charge in [-0.15, -0.1) is 0 Å². The van der Waals surface area contributed by atoms with E-state index in [1.807, 2.05) is 30.0 Å². The predicted molar refractivity (Wildman–Crippen MR) is 106 cm³/mol. The molecule has 136 valence electrons. The first-order chi connectivity index (χ1) is 12.7. The summed E-state index contributed by atoms with van der Waals surface area (Å²) in [5.74, 6) is 2.15. The number of hydrogen-bond acceptors (Lipinski definition) is 3. The van der Waals surface area contributed by atoms with Crippen LogP contribution in [0.25, 0.3) is 0 Å². The number of nitrogens with one attached hydrogen (secondary N) is 1. The molecule has 0 bridgehead atoms. The lowest BCUT2D eigenvalue weighted by atomic mass is 9.99. The van der Waals surface area contributed by atoms with Gasteiger partial charge in [0.25, 0.3) is 0 Å². The average Bonchev–Trinajstić information content (AvgIpc) is 2.69. The third-order valence-electron chi connectivity index (χ3n) is 4.99. The second-order valence-electron chi connectivity index (χ2n) is 6.63. The number of urea groups is 1. The molecule has 0 radical (unpaired) electrons. The summed E-state index contributed by atoms with van der Waals surface area (Å²) in [6.45, 7) is 3.12. The number of rotatable bonds is 2. The highest BCUT2D eigenvalue weighted by atomic mass is 32.2. The lowest BCUT2D eigenvalue weighted by Crippen LogP contribution is -2.39. The van der Waals surface area contributed by atoms with Gasteiger partial charge in [0.2, 0.25) is 0 Å². The van der Waals surface area contributed by atoms with E-state index in [9.17, 15) is 9.18 Å². The Kier molecular flexibility index (Phi) is 5.02. The number of amides is 2. The van der Waals surface area contributed by atoms with E-state index in [4.69, 9.17) is 0 Å². The molecule has 1 fully saturated rings. The number of halogens is 1. The summed E-state index contributed by atoms with van der Waals surface area (Å²) in [5, 5.41) is 2.96. The Morgan fingerprint density at radius 1 is 1.04 bits per heavy atom. The molecule has 0 aliphatic carbocycles. The van der Waals surface area contributed by atoms with Gasteiger partial charge in [-0.2, -0.15) is 11.8 Å². The van der Waals surface area contributed by atoms with Crippen molar-refractivity contribution in [2.24, 2.45) is 0 Å². The van der Waals surface area contributed by atoms with Gasteiger partial charge in [-0.3, -0.25) is 0 Å². The fourth-order valence-electron chi connectivity index (χ4n) is 3.52. The van der Waals surface area contributed by atoms with Crippen LogP contribution in [0.15, 0.2) is 42.5 Å². The molecule has 0 unspecified atom stereocenters. The minimum absolute atomic E-state index is 0.137. The molecule has 2 aliphatic rings. The van der Waals surface area contributed by atoms with Crippen molar-refractivity contribution in [1.29, 1.82) is 0 Å². The highest BCUT2D eigenvalue weighted by Crippen LogP contribution is 2.24. The van der Waals surface area contributed by atoms with Gasteiger partial charge in [-0.1, -0.05) is 12.1 Å². The standard InChI is InChI=1S/C20H22FN3OS/c21-19-3-1-2-15-14-24(9-8-18(15)19)20(25)22-16-4-6-17(7-5-16)23-10-12-26-13-11-23/h1-7H,8-14H2,(H,22,25). The molecule has 2 aromatic carbocycles. The Balaban J connectivity index is 1.39. The van der Waals surface area contributed by atoms with Crippen LogP contribution < -0.4 is 10.2 Å². The van der Waals surface area contributed by atoms with E-state index >= 15 is 0 Å². The predicted octanol–water partition coefficient (Wildman–Crippen LogP) is 3.97. The van der Waals surface area contributed by atoms with Gasteiger partial charge in [0, 0.05) is 49.1 Å². The van der Waals surface area contributed by atoms with Crippen LogP contribution >= 0.6 is 11.8 Å². The zero-order valence-corrected chi connectivity index (χ0v) is 15.4. The zero-order chi connectivity index (χ0) is 17.9. The first-order valence-electron chi connectivity index (χ1n) is 8.96. The zero-order valence-electron chi connectivity index (χ0n) is 14.6. The van der Waals surface area contributed by atoms with Gasteiger partial charge >= 0.3 is 6.03 Å². The molecule has 4 nitrogen and oxygen atoms in total. The molecule has 0 spiro atoms. The Morgan fingerprint density at radius 2 is 1.81 bits per heavy atom. The van der Waals surface area contributed by atoms with Crippen molar-refractivity contribution in [3.63, 3.8) is 0 Å². The van der Waals surface area contributed by atoms with Crippen LogP contribution in [0.4, 0.5) is 20.6 Å². The van der Waals surface area contributed by atoms with Crippen LogP contribution in [-0.2, 0) is 13.0 Å². The van der Waals surface area contributed by atoms with Crippen molar-refractivity contribution >= 4 is 29.2 Å². The van der Waals surface area contributed by atoms with Gasteiger partial charge < -0.3 is 15.1 Å². The van der Waals surface area contributed by atoms with Crippen LogP contribution in [0.2, 0.25) is 0 Å². The van der Waals surface area contributed by atoms with Crippen molar-refractivity contribution in [2.45, 2.75) is 13.0 Å². The van der Waals surface area contributed by atoms with E-state index in [-0.39, 0.29) is 11.8 Å². The third kappa shape index (κ3) is 3.65. The Hall–Kier alpha value is -2.21. The van der Waals surface area contributed by atoms with Crippen LogP contribution in [0, 0.1) is 5.82 Å². The monoisotopic (exact) mass is 371 g/mol. The highest BCUT2D eigenvalue weighted by Gasteiger charge is 2.22. The maximum atomic E-state index is 13.8. The summed E-state index contributed by atoms with van der Waals surface area (Å²) < 4.78 is 13.8. The first kappa shape index (κ1) is 17.2. The Morgan fingerprint density at radius 3 is 2.58 bits per heavy atom. The molecule has 2 aromatic rings. The fraction of sp³-hybridized carbons (Fsp3) is 0.350. The Labute approximate surface area is 157 Å². The molecule has 6 heteroatoms. The maximum absolute atomic E-state index is 13.8. The second-order valence-corrected chi connectivity index (χ2v) is 7.85. The van der Waals surface area contributed by atoms with Crippen molar-refractivity contribution in [3.05, 3.63) is 59.4 Å². The number of carbonyl (C=O) groups excluding carboxylic acids is 1. The maximum Gasteiger partial charge on any atom is 0.322 e. The number of thioether (sulfide) groups is 1. The van der Waals surface area contributed by atoms with E-state index in [1.165, 1.54) is 11.8 Å². The lowest BCUT2D eigenvalue weighted by molar-refractivity contribution is 0.206. The molecule has 0 saturated carbocycles. The van der Waals surface area contributed by atoms with Crippen LogP contribution in [0.1, 0.15) is 11.1 Å². The molecule has 1 N–H and O–H groups in total. The highest BCUT2D eigenvalue weighted by molar-refractivity contribution is 7.99. The van der Waals surface area contributed by atoms with Gasteiger partial charge in [0.1, 0.15) is 5.82 Å². The number of nitrogens with zero attached hydrogens (tertiary/aromatic N) is 2. The Bertz CT molecular complexity index is 790. The lowest BCUT2D eigenvalue weighted by Gasteiger charge is -2.30. The van der Waals surface area contributed by atoms with Gasteiger partial charge in [-0.05, 0) is 47.9 Å². The summed E-state index contributed by atoms with van der Waals surface area (Å²) in [7, 11) is 0. The molecule has 26 heavy (non-hydrogen) atoms. The van der Waals surface area contributed by atoms with Gasteiger partial charge in [-0.25, -0.2) is 9.18 Å². The van der Waals surface area contributed by atoms with E-state index in [0.717, 1.165) is 41.4 Å². The number of carbonyl (C=O) groups is 1. The summed E-state index contributed by atoms with van der Waals surface area (Å²) in [6.07, 6.45) is 0.557. The minimum atomic E-state index is -0.172. The first-order valence-corrected chi connectivity index (χ1v) is 10.1. The van der Waals surface area contributed by atoms with Crippen molar-refractivity contribution in [2.75, 3.05) is 41.4 Å². The van der Waals surface area contributed by atoms with Gasteiger partial charge in [0.15, 0.2) is 0 Å². The van der Waals surface area contributed by atoms with E-state index in [1.54, 1.807) is 11.0 Å². The number of benzene rings is 2. The van der Waals surface area contributed by atoms with Crippen molar-refractivity contribution in [1.82, 2.24) is 4.90 Å². The number of anilines is 2. The molecule has 2 amide bonds. The van der Waals surface area contributed by atoms with Crippen molar-refractivity contribution in [3.8, 4) is 0 Å². The van der Waals surface area contributed by atoms with Crippen LogP contribution in [-0.4, -0.2) is 42.1 Å². The molecular weight excluding hydrogens is 349 g/mol. The molecular formula is C20H22FN3OS. The SMILES string of the molecule is O=C(Nc1ccc(N2CCSCC2)cc1)N1CCc2c(F)cccc2C1. The number of hydrogen-bond donors (Lipinski definition) is 1. The number of fused-ring (bicyclic) bond motifs is 1. The summed E-state index contributed by atoms with van der Waals surface area (Å²) in [5.41, 5.74) is 3.62. The van der Waals surface area contributed by atoms with Gasteiger partial charge in [0.05, 0.1) is 0 Å². The van der Waals surface area contributed by atoms with Crippen LogP contribution in [0.5, 0.6) is 0 Å². The topological polar surface area (TPSA) is 35.6 Å².